The Kier molecular flexibility index (Phi) is 7.92. The standard InChI is InChI=1S/C20H23F3N6O5.ClH/c1-4-25-15(30)10-6-5-7-11(20(21,22)23)13(10)29-14(24)12(34-18(32)33)8-26-16(29)28-9-19(2,3)27-17(28)31;/h5-8,14H,4,9,24H2,1-3H3,(H,25,30)(H,27,31)(H,32,33);1H. The molecule has 1 saturated heterocycles. The van der Waals surface area contributed by atoms with Gasteiger partial charge in [0.25, 0.3) is 5.91 Å². The predicted octanol–water partition coefficient (Wildman–Crippen LogP) is 2.68. The van der Waals surface area contributed by atoms with Crippen LogP contribution in [0.5, 0.6) is 0 Å². The molecule has 35 heavy (non-hydrogen) atoms. The van der Waals surface area contributed by atoms with Gasteiger partial charge in [-0.15, -0.1) is 12.4 Å². The number of hydrogen-bond acceptors (Lipinski definition) is 7. The smallest absolute Gasteiger partial charge is 0.449 e. The van der Waals surface area contributed by atoms with E-state index < -0.39 is 58.5 Å². The molecule has 1 aromatic carbocycles. The summed E-state index contributed by atoms with van der Waals surface area (Å²) in [4.78, 5) is 42.4. The van der Waals surface area contributed by atoms with Crippen molar-refractivity contribution in [2.75, 3.05) is 18.0 Å². The van der Waals surface area contributed by atoms with Crippen molar-refractivity contribution >= 4 is 42.1 Å². The van der Waals surface area contributed by atoms with Crippen LogP contribution in [0.25, 0.3) is 0 Å². The number of rotatable bonds is 4. The number of benzene rings is 1. The monoisotopic (exact) mass is 520 g/mol. The quantitative estimate of drug-likeness (QED) is 0.446. The molecule has 15 heteroatoms. The van der Waals surface area contributed by atoms with Gasteiger partial charge in [-0.2, -0.15) is 13.2 Å². The SMILES string of the molecule is CCNC(=O)c1cccc(C(F)(F)F)c1N1C(N2CC(C)(C)NC2=O)=NC=C(OC(=O)O)C1N.Cl. The maximum atomic E-state index is 14.1. The third-order valence-electron chi connectivity index (χ3n) is 4.95. The van der Waals surface area contributed by atoms with Crippen molar-refractivity contribution in [2.24, 2.45) is 10.7 Å². The van der Waals surface area contributed by atoms with E-state index in [1.54, 1.807) is 20.8 Å². The first-order valence-electron chi connectivity index (χ1n) is 10.1. The van der Waals surface area contributed by atoms with Crippen molar-refractivity contribution in [1.82, 2.24) is 15.5 Å². The van der Waals surface area contributed by atoms with Crippen LogP contribution in [-0.2, 0) is 10.9 Å². The van der Waals surface area contributed by atoms with E-state index in [1.807, 2.05) is 0 Å². The molecule has 5 N–H and O–H groups in total. The minimum absolute atomic E-state index is 0. The van der Waals surface area contributed by atoms with Crippen LogP contribution in [0.2, 0.25) is 0 Å². The minimum atomic E-state index is -4.94. The number of carboxylic acid groups (broad SMARTS) is 1. The highest BCUT2D eigenvalue weighted by atomic mass is 35.5. The Bertz CT molecular complexity index is 1090. The number of anilines is 1. The number of hydrogen-bond donors (Lipinski definition) is 4. The van der Waals surface area contributed by atoms with Gasteiger partial charge in [-0.1, -0.05) is 6.07 Å². The molecule has 1 aromatic rings. The van der Waals surface area contributed by atoms with E-state index in [-0.39, 0.29) is 31.5 Å². The summed E-state index contributed by atoms with van der Waals surface area (Å²) in [5, 5.41) is 14.1. The minimum Gasteiger partial charge on any atom is -0.449 e. The third-order valence-corrected chi connectivity index (χ3v) is 4.95. The van der Waals surface area contributed by atoms with E-state index in [1.165, 1.54) is 0 Å². The van der Waals surface area contributed by atoms with Crippen LogP contribution < -0.4 is 21.3 Å². The van der Waals surface area contributed by atoms with Crippen LogP contribution in [0.15, 0.2) is 35.2 Å². The van der Waals surface area contributed by atoms with Crippen LogP contribution in [-0.4, -0.2) is 58.9 Å². The Labute approximate surface area is 204 Å². The molecule has 0 saturated carbocycles. The third kappa shape index (κ3) is 5.59. The number of halogens is 4. The Morgan fingerprint density at radius 1 is 1.37 bits per heavy atom. The number of amides is 3. The zero-order valence-electron chi connectivity index (χ0n) is 18.8. The highest BCUT2D eigenvalue weighted by Crippen LogP contribution is 2.41. The van der Waals surface area contributed by atoms with Gasteiger partial charge in [0.2, 0.25) is 5.96 Å². The van der Waals surface area contributed by atoms with Crippen molar-refractivity contribution in [3.63, 3.8) is 0 Å². The van der Waals surface area contributed by atoms with Gasteiger partial charge in [-0.05, 0) is 32.9 Å². The lowest BCUT2D eigenvalue weighted by Gasteiger charge is -2.39. The molecule has 0 spiro atoms. The highest BCUT2D eigenvalue weighted by Gasteiger charge is 2.46. The zero-order chi connectivity index (χ0) is 25.4. The van der Waals surface area contributed by atoms with Crippen molar-refractivity contribution in [3.8, 4) is 0 Å². The molecule has 1 fully saturated rings. The van der Waals surface area contributed by atoms with E-state index in [0.717, 1.165) is 34.2 Å². The van der Waals surface area contributed by atoms with Crippen LogP contribution in [0.4, 0.5) is 28.4 Å². The summed E-state index contributed by atoms with van der Waals surface area (Å²) in [6, 6.07) is 2.29. The van der Waals surface area contributed by atoms with Gasteiger partial charge >= 0.3 is 18.4 Å². The summed E-state index contributed by atoms with van der Waals surface area (Å²) in [7, 11) is 0. The lowest BCUT2D eigenvalue weighted by Crippen LogP contribution is -2.57. The summed E-state index contributed by atoms with van der Waals surface area (Å²) in [6.45, 7) is 5.09. The van der Waals surface area contributed by atoms with Gasteiger partial charge in [0.15, 0.2) is 5.76 Å². The fraction of sp³-hybridized carbons (Fsp3) is 0.400. The van der Waals surface area contributed by atoms with Gasteiger partial charge < -0.3 is 26.2 Å². The normalized spacial score (nSPS) is 19.3. The number of aliphatic imine (C=N–C) groups is 1. The van der Waals surface area contributed by atoms with Crippen LogP contribution in [0.3, 0.4) is 0 Å². The lowest BCUT2D eigenvalue weighted by molar-refractivity contribution is -0.137. The summed E-state index contributed by atoms with van der Waals surface area (Å²) in [6.07, 6.45) is -7.47. The largest absolute Gasteiger partial charge is 0.511 e. The number of ether oxygens (including phenoxy) is 1. The van der Waals surface area contributed by atoms with Gasteiger partial charge in [0, 0.05) is 6.54 Å². The molecular weight excluding hydrogens is 497 g/mol. The number of nitrogens with one attached hydrogen (secondary N) is 2. The molecule has 2 aliphatic rings. The van der Waals surface area contributed by atoms with E-state index >= 15 is 0 Å². The molecule has 11 nitrogen and oxygen atoms in total. The van der Waals surface area contributed by atoms with Crippen molar-refractivity contribution < 1.29 is 37.4 Å². The first-order chi connectivity index (χ1) is 15.8. The number of alkyl halides is 3. The Balaban J connectivity index is 0.00000432. The summed E-state index contributed by atoms with van der Waals surface area (Å²) in [5.74, 6) is -1.68. The Hall–Kier alpha value is -3.52. The van der Waals surface area contributed by atoms with Crippen LogP contribution >= 0.6 is 12.4 Å². The first-order valence-corrected chi connectivity index (χ1v) is 10.1. The number of guanidine groups is 1. The Morgan fingerprint density at radius 2 is 2.03 bits per heavy atom. The van der Waals surface area contributed by atoms with Crippen LogP contribution in [0, 0.1) is 0 Å². The van der Waals surface area contributed by atoms with E-state index in [9.17, 15) is 27.6 Å². The molecule has 192 valence electrons. The topological polar surface area (TPSA) is 150 Å². The summed E-state index contributed by atoms with van der Waals surface area (Å²) < 4.78 is 46.9. The van der Waals surface area contributed by atoms with Gasteiger partial charge in [0.05, 0.1) is 35.1 Å². The maximum Gasteiger partial charge on any atom is 0.511 e. The molecule has 0 bridgehead atoms. The maximum absolute atomic E-state index is 14.1. The van der Waals surface area contributed by atoms with Crippen molar-refractivity contribution in [1.29, 1.82) is 0 Å². The molecule has 3 amide bonds. The Morgan fingerprint density at radius 3 is 2.54 bits per heavy atom. The fourth-order valence-corrected chi connectivity index (χ4v) is 3.63. The highest BCUT2D eigenvalue weighted by molar-refractivity contribution is 6.12. The average Bonchev–Trinajstić information content (AvgIpc) is 3.00. The zero-order valence-corrected chi connectivity index (χ0v) is 19.7. The van der Waals surface area contributed by atoms with Gasteiger partial charge in [-0.3, -0.25) is 14.6 Å². The first kappa shape index (κ1) is 27.7. The summed E-state index contributed by atoms with van der Waals surface area (Å²) >= 11 is 0. The molecule has 2 aliphatic heterocycles. The molecular formula is C20H24ClF3N6O5. The van der Waals surface area contributed by atoms with Crippen molar-refractivity contribution in [2.45, 2.75) is 38.7 Å². The molecule has 0 aromatic heterocycles. The number of urea groups is 1. The number of para-hydroxylation sites is 1. The molecule has 0 aliphatic carbocycles. The molecule has 1 unspecified atom stereocenters. The molecule has 3 rings (SSSR count). The lowest BCUT2D eigenvalue weighted by atomic mass is 10.0. The number of carbonyl (C=O) groups excluding carboxylic acids is 2. The molecule has 2 heterocycles. The average molecular weight is 521 g/mol. The predicted molar refractivity (Wildman–Crippen MR) is 121 cm³/mol. The number of nitrogens with two attached hydrogens (primary N) is 1. The van der Waals surface area contributed by atoms with E-state index in [4.69, 9.17) is 10.8 Å². The molecule has 0 radical (unpaired) electrons. The molecule has 1 atom stereocenters. The van der Waals surface area contributed by atoms with Gasteiger partial charge in [-0.25, -0.2) is 14.6 Å². The second kappa shape index (κ2) is 10.00. The summed E-state index contributed by atoms with van der Waals surface area (Å²) in [5.41, 5.74) is 3.05. The van der Waals surface area contributed by atoms with Gasteiger partial charge in [0.1, 0.15) is 6.17 Å². The second-order valence-corrected chi connectivity index (χ2v) is 8.10. The number of carbonyl (C=O) groups is 3. The van der Waals surface area contributed by atoms with E-state index in [0.29, 0.717) is 0 Å². The number of nitrogens with zero attached hydrogens (tertiary/aromatic N) is 3. The van der Waals surface area contributed by atoms with Crippen molar-refractivity contribution in [3.05, 3.63) is 41.3 Å². The fourth-order valence-electron chi connectivity index (χ4n) is 3.63. The van der Waals surface area contributed by atoms with Crippen LogP contribution in [0.1, 0.15) is 36.7 Å². The van der Waals surface area contributed by atoms with E-state index in [2.05, 4.69) is 20.4 Å². The second-order valence-electron chi connectivity index (χ2n) is 8.10.